The molecule has 28 heavy (non-hydrogen) atoms. The van der Waals surface area contributed by atoms with E-state index in [1.165, 1.54) is 12.1 Å². The number of hydrogen-bond acceptors (Lipinski definition) is 5. The number of benzene rings is 1. The van der Waals surface area contributed by atoms with Gasteiger partial charge in [-0.15, -0.1) is 10.2 Å². The number of methoxy groups -OCH3 is 1. The number of rotatable bonds is 10. The van der Waals surface area contributed by atoms with Crippen LogP contribution in [0.1, 0.15) is 24.8 Å². The molecule has 0 atom stereocenters. The summed E-state index contributed by atoms with van der Waals surface area (Å²) in [6.07, 6.45) is 5.66. The molecule has 7 heteroatoms. The summed E-state index contributed by atoms with van der Waals surface area (Å²) in [7, 11) is 1.71. The largest absolute Gasteiger partial charge is 0.461 e. The Bertz CT molecular complexity index is 872. The summed E-state index contributed by atoms with van der Waals surface area (Å²) in [4.78, 5) is 2.33. The Morgan fingerprint density at radius 2 is 2.04 bits per heavy atom. The lowest BCUT2D eigenvalue weighted by atomic mass is 10.1. The second-order valence-electron chi connectivity index (χ2n) is 7.10. The van der Waals surface area contributed by atoms with Crippen molar-refractivity contribution in [3.63, 3.8) is 0 Å². The van der Waals surface area contributed by atoms with Crippen molar-refractivity contribution in [3.05, 3.63) is 54.0 Å². The van der Waals surface area contributed by atoms with Gasteiger partial charge in [-0.1, -0.05) is 12.1 Å². The lowest BCUT2D eigenvalue weighted by Gasteiger charge is -2.24. The highest BCUT2D eigenvalue weighted by Gasteiger charge is 2.33. The Morgan fingerprint density at radius 1 is 1.21 bits per heavy atom. The molecule has 6 nitrogen and oxygen atoms in total. The highest BCUT2D eigenvalue weighted by atomic mass is 19.1. The van der Waals surface area contributed by atoms with Gasteiger partial charge in [0.1, 0.15) is 5.82 Å². The number of furan rings is 1. The summed E-state index contributed by atoms with van der Waals surface area (Å²) in [5, 5.41) is 8.94. The van der Waals surface area contributed by atoms with Gasteiger partial charge in [-0.25, -0.2) is 4.39 Å². The molecule has 4 rings (SSSR count). The molecule has 3 aromatic rings. The molecular weight excluding hydrogens is 359 g/mol. The van der Waals surface area contributed by atoms with E-state index in [4.69, 9.17) is 9.15 Å². The van der Waals surface area contributed by atoms with Gasteiger partial charge in [-0.05, 0) is 55.5 Å². The van der Waals surface area contributed by atoms with Gasteiger partial charge in [0.15, 0.2) is 5.76 Å². The molecule has 0 bridgehead atoms. The number of halogens is 1. The molecule has 2 aromatic heterocycles. The predicted molar refractivity (Wildman–Crippen MR) is 105 cm³/mol. The summed E-state index contributed by atoms with van der Waals surface area (Å²) in [5.41, 5.74) is 1.11. The van der Waals surface area contributed by atoms with E-state index in [-0.39, 0.29) is 5.82 Å². The number of anilines is 1. The smallest absolute Gasteiger partial charge is 0.227 e. The highest BCUT2D eigenvalue weighted by molar-refractivity contribution is 5.51. The number of ether oxygens (including phenoxy) is 1. The monoisotopic (exact) mass is 384 g/mol. The molecule has 0 unspecified atom stereocenters. The highest BCUT2D eigenvalue weighted by Crippen LogP contribution is 2.33. The Balaban J connectivity index is 1.57. The van der Waals surface area contributed by atoms with E-state index >= 15 is 0 Å². The maximum Gasteiger partial charge on any atom is 0.227 e. The summed E-state index contributed by atoms with van der Waals surface area (Å²) in [5.74, 6) is 2.12. The van der Waals surface area contributed by atoms with Crippen LogP contribution in [0.4, 0.5) is 10.3 Å². The zero-order valence-corrected chi connectivity index (χ0v) is 16.1. The summed E-state index contributed by atoms with van der Waals surface area (Å²) >= 11 is 0. The summed E-state index contributed by atoms with van der Waals surface area (Å²) < 4.78 is 26.1. The van der Waals surface area contributed by atoms with E-state index in [9.17, 15) is 4.39 Å². The van der Waals surface area contributed by atoms with Crippen LogP contribution >= 0.6 is 0 Å². The van der Waals surface area contributed by atoms with Crippen molar-refractivity contribution in [2.75, 3.05) is 25.2 Å². The second kappa shape index (κ2) is 8.56. The van der Waals surface area contributed by atoms with Gasteiger partial charge in [0.05, 0.1) is 6.26 Å². The summed E-state index contributed by atoms with van der Waals surface area (Å²) in [6, 6.07) is 11.0. The Kier molecular flexibility index (Phi) is 5.71. The second-order valence-corrected chi connectivity index (χ2v) is 7.10. The third-order valence-corrected chi connectivity index (χ3v) is 5.00. The quantitative estimate of drug-likeness (QED) is 0.496. The fraction of sp³-hybridized carbons (Fsp3) is 0.429. The SMILES string of the molecule is COCCCn1c(-c2ccco2)nnc1N(CCc1ccc(F)cc1)C1CC1. The first-order chi connectivity index (χ1) is 13.8. The fourth-order valence-electron chi connectivity index (χ4n) is 3.40. The number of aromatic nitrogens is 3. The molecule has 0 spiro atoms. The van der Waals surface area contributed by atoms with Crippen LogP contribution in [0.2, 0.25) is 0 Å². The first-order valence-electron chi connectivity index (χ1n) is 9.73. The number of nitrogens with zero attached hydrogens (tertiary/aromatic N) is 4. The molecule has 1 aliphatic rings. The molecule has 1 fully saturated rings. The molecular formula is C21H25FN4O2. The van der Waals surface area contributed by atoms with Crippen molar-refractivity contribution in [3.8, 4) is 11.6 Å². The van der Waals surface area contributed by atoms with Crippen LogP contribution in [0.25, 0.3) is 11.6 Å². The van der Waals surface area contributed by atoms with Crippen LogP contribution in [0.5, 0.6) is 0 Å². The van der Waals surface area contributed by atoms with Crippen molar-refractivity contribution in [2.24, 2.45) is 0 Å². The van der Waals surface area contributed by atoms with Crippen LogP contribution in [0.3, 0.4) is 0 Å². The average Bonchev–Trinajstić information content (AvgIpc) is 3.23. The maximum absolute atomic E-state index is 13.2. The van der Waals surface area contributed by atoms with Gasteiger partial charge in [0.2, 0.25) is 11.8 Å². The Morgan fingerprint density at radius 3 is 2.71 bits per heavy atom. The van der Waals surface area contributed by atoms with Gasteiger partial charge in [-0.2, -0.15) is 0 Å². The Hall–Kier alpha value is -2.67. The molecule has 2 heterocycles. The van der Waals surface area contributed by atoms with Crippen LogP contribution < -0.4 is 4.90 Å². The lowest BCUT2D eigenvalue weighted by Crippen LogP contribution is -2.31. The Labute approximate surface area is 163 Å². The van der Waals surface area contributed by atoms with Crippen molar-refractivity contribution in [2.45, 2.75) is 38.3 Å². The first-order valence-corrected chi connectivity index (χ1v) is 9.73. The van der Waals surface area contributed by atoms with Gasteiger partial charge in [0, 0.05) is 32.8 Å². The van der Waals surface area contributed by atoms with E-state index in [1.54, 1.807) is 13.4 Å². The molecule has 1 saturated carbocycles. The van der Waals surface area contributed by atoms with Crippen molar-refractivity contribution in [1.29, 1.82) is 0 Å². The van der Waals surface area contributed by atoms with Crippen LogP contribution in [0, 0.1) is 5.82 Å². The van der Waals surface area contributed by atoms with E-state index < -0.39 is 0 Å². The normalized spacial score (nSPS) is 13.8. The minimum atomic E-state index is -0.205. The van der Waals surface area contributed by atoms with Crippen LogP contribution in [0.15, 0.2) is 47.1 Å². The van der Waals surface area contributed by atoms with Crippen LogP contribution in [-0.2, 0) is 17.7 Å². The first kappa shape index (κ1) is 18.7. The fourth-order valence-corrected chi connectivity index (χ4v) is 3.40. The molecule has 0 amide bonds. The average molecular weight is 384 g/mol. The van der Waals surface area contributed by atoms with Gasteiger partial charge < -0.3 is 14.1 Å². The van der Waals surface area contributed by atoms with Gasteiger partial charge >= 0.3 is 0 Å². The zero-order valence-electron chi connectivity index (χ0n) is 16.1. The minimum absolute atomic E-state index is 0.205. The molecule has 0 radical (unpaired) electrons. The molecule has 0 N–H and O–H groups in total. The molecule has 1 aromatic carbocycles. The third-order valence-electron chi connectivity index (χ3n) is 5.00. The maximum atomic E-state index is 13.2. The summed E-state index contributed by atoms with van der Waals surface area (Å²) in [6.45, 7) is 2.25. The molecule has 148 valence electrons. The van der Waals surface area contributed by atoms with E-state index in [1.807, 2.05) is 24.3 Å². The van der Waals surface area contributed by atoms with Crippen molar-refractivity contribution in [1.82, 2.24) is 14.8 Å². The van der Waals surface area contributed by atoms with Gasteiger partial charge in [-0.3, -0.25) is 4.57 Å². The van der Waals surface area contributed by atoms with Crippen molar-refractivity contribution < 1.29 is 13.5 Å². The number of hydrogen-bond donors (Lipinski definition) is 0. The molecule has 1 aliphatic carbocycles. The minimum Gasteiger partial charge on any atom is -0.461 e. The predicted octanol–water partition coefficient (Wildman–Crippen LogP) is 3.93. The van der Waals surface area contributed by atoms with Gasteiger partial charge in [0.25, 0.3) is 0 Å². The topological polar surface area (TPSA) is 56.3 Å². The zero-order chi connectivity index (χ0) is 19.3. The third kappa shape index (κ3) is 4.25. The van der Waals surface area contributed by atoms with Crippen LogP contribution in [-0.4, -0.2) is 41.1 Å². The standard InChI is InChI=1S/C21H25FN4O2/c1-27-14-3-12-26-20(19-4-2-15-28-19)23-24-21(26)25(18-9-10-18)13-11-16-5-7-17(22)8-6-16/h2,4-8,15,18H,3,9-14H2,1H3. The molecule has 0 aliphatic heterocycles. The molecule has 0 saturated heterocycles. The van der Waals surface area contributed by atoms with E-state index in [0.29, 0.717) is 18.4 Å². The van der Waals surface area contributed by atoms with Crippen molar-refractivity contribution >= 4 is 5.95 Å². The lowest BCUT2D eigenvalue weighted by molar-refractivity contribution is 0.190. The van der Waals surface area contributed by atoms with E-state index in [2.05, 4.69) is 19.7 Å². The van der Waals surface area contributed by atoms with E-state index in [0.717, 1.165) is 56.1 Å².